The summed E-state index contributed by atoms with van der Waals surface area (Å²) in [5, 5.41) is 11.3. The lowest BCUT2D eigenvalue weighted by molar-refractivity contribution is -0.0496. The van der Waals surface area contributed by atoms with Gasteiger partial charge >= 0.3 is 6.72 Å². The molecule has 0 radical (unpaired) electrons. The summed E-state index contributed by atoms with van der Waals surface area (Å²) in [6, 6.07) is 0. The van der Waals surface area contributed by atoms with Gasteiger partial charge in [-0.05, 0) is 11.8 Å². The van der Waals surface area contributed by atoms with Crippen LogP contribution in [-0.4, -0.2) is 86.7 Å². The van der Waals surface area contributed by atoms with E-state index in [2.05, 4.69) is 48.7 Å². The van der Waals surface area contributed by atoms with Crippen LogP contribution in [0.4, 0.5) is 11.6 Å². The van der Waals surface area contributed by atoms with Gasteiger partial charge < -0.3 is 44.5 Å². The van der Waals surface area contributed by atoms with Crippen molar-refractivity contribution < 1.29 is 37.6 Å². The second kappa shape index (κ2) is 11.0. The van der Waals surface area contributed by atoms with Crippen molar-refractivity contribution in [2.45, 2.75) is 43.3 Å². The number of hydrogen-bond donors (Lipinski definition) is 5. The molecule has 0 amide bonds. The zero-order valence-electron chi connectivity index (χ0n) is 22.5. The first-order chi connectivity index (χ1) is 20.9. The van der Waals surface area contributed by atoms with Crippen molar-refractivity contribution in [2.24, 2.45) is 5.92 Å². The molecule has 18 nitrogen and oxygen atoms in total. The van der Waals surface area contributed by atoms with E-state index in [1.165, 1.54) is 29.9 Å². The fraction of sp³-hybridized carbons (Fsp3) is 0.455. The van der Waals surface area contributed by atoms with Gasteiger partial charge in [0.25, 0.3) is 6.57 Å². The molecule has 0 spiro atoms. The van der Waals surface area contributed by atoms with Crippen molar-refractivity contribution in [3.8, 4) is 0 Å². The van der Waals surface area contributed by atoms with Crippen molar-refractivity contribution in [3.63, 3.8) is 0 Å². The molecule has 3 saturated heterocycles. The van der Waals surface area contributed by atoms with Crippen molar-refractivity contribution >= 4 is 71.3 Å². The van der Waals surface area contributed by atoms with E-state index in [0.29, 0.717) is 22.3 Å². The van der Waals surface area contributed by atoms with Gasteiger partial charge in [-0.2, -0.15) is 0 Å². The average Bonchev–Trinajstić information content (AvgIpc) is 3.75. The number of thiol groups is 1. The Balaban J connectivity index is 1.21. The fourth-order valence-corrected chi connectivity index (χ4v) is 8.81. The summed E-state index contributed by atoms with van der Waals surface area (Å²) < 4.78 is 46.9. The SMILES string of the molecule is C=C1[C@@H]2[C@H](O)[C@@H](COP(O)(=S)O[C@H]3C[C@H](n4cnc5c(N)ncnc54)OC3COP1(=O)S)O[C@H]2n1cnc2c(N)ncnc21. The number of rotatable bonds is 2. The van der Waals surface area contributed by atoms with Crippen LogP contribution in [0.1, 0.15) is 18.9 Å². The number of fused-ring (bicyclic) bond motifs is 5. The van der Waals surface area contributed by atoms with E-state index in [-0.39, 0.29) is 36.6 Å². The lowest BCUT2D eigenvalue weighted by Gasteiger charge is -2.28. The Morgan fingerprint density at radius 3 is 2.23 bits per heavy atom. The first-order valence-electron chi connectivity index (χ1n) is 13.1. The lowest BCUT2D eigenvalue weighted by Crippen LogP contribution is -2.31. The van der Waals surface area contributed by atoms with Gasteiger partial charge in [0.15, 0.2) is 22.9 Å². The molecule has 7 rings (SSSR count). The number of ether oxygens (including phenoxy) is 2. The summed E-state index contributed by atoms with van der Waals surface area (Å²) >= 11 is 9.69. The van der Waals surface area contributed by atoms with Crippen LogP contribution in [0.3, 0.4) is 0 Å². The lowest BCUT2D eigenvalue weighted by atomic mass is 9.99. The van der Waals surface area contributed by atoms with E-state index < -0.39 is 56.1 Å². The van der Waals surface area contributed by atoms with Crippen LogP contribution in [-0.2, 0) is 39.4 Å². The summed E-state index contributed by atoms with van der Waals surface area (Å²) in [6.45, 7) is -4.61. The number of nitrogens with two attached hydrogens (primary N) is 2. The zero-order valence-corrected chi connectivity index (χ0v) is 26.0. The molecule has 44 heavy (non-hydrogen) atoms. The predicted molar refractivity (Wildman–Crippen MR) is 160 cm³/mol. The largest absolute Gasteiger partial charge is 0.389 e. The topological polar surface area (TPSA) is 243 Å². The average molecular weight is 685 g/mol. The summed E-state index contributed by atoms with van der Waals surface area (Å²) in [7, 11) is 0. The molecule has 234 valence electrons. The predicted octanol–water partition coefficient (Wildman–Crippen LogP) is 1.28. The van der Waals surface area contributed by atoms with Gasteiger partial charge in [-0.1, -0.05) is 18.8 Å². The fourth-order valence-electron chi connectivity index (χ4n) is 5.57. The van der Waals surface area contributed by atoms with E-state index in [9.17, 15) is 14.6 Å². The van der Waals surface area contributed by atoms with Crippen molar-refractivity contribution in [1.82, 2.24) is 39.0 Å². The number of imidazole rings is 2. The molecule has 9 atom stereocenters. The van der Waals surface area contributed by atoms with Crippen LogP contribution < -0.4 is 11.5 Å². The van der Waals surface area contributed by atoms with Crippen LogP contribution in [0.25, 0.3) is 22.3 Å². The van der Waals surface area contributed by atoms with Gasteiger partial charge in [0.2, 0.25) is 0 Å². The molecule has 4 aromatic rings. The van der Waals surface area contributed by atoms with Crippen LogP contribution in [0.5, 0.6) is 0 Å². The van der Waals surface area contributed by atoms with Gasteiger partial charge in [0, 0.05) is 11.7 Å². The smallest absolute Gasteiger partial charge is 0.324 e. The molecule has 0 saturated carbocycles. The minimum absolute atomic E-state index is 0.0350. The highest BCUT2D eigenvalue weighted by atomic mass is 32.7. The summed E-state index contributed by atoms with van der Waals surface area (Å²) in [4.78, 5) is 36.0. The highest BCUT2D eigenvalue weighted by molar-refractivity contribution is 8.47. The second-order valence-corrected chi connectivity index (χ2v) is 16.6. The molecule has 0 aromatic carbocycles. The number of hydrogen-bond acceptors (Lipinski definition) is 16. The number of nitrogens with zero attached hydrogens (tertiary/aromatic N) is 8. The minimum Gasteiger partial charge on any atom is -0.389 e. The number of aliphatic hydroxyl groups excluding tert-OH is 1. The van der Waals surface area contributed by atoms with E-state index in [4.69, 9.17) is 46.3 Å². The van der Waals surface area contributed by atoms with Gasteiger partial charge in [0.05, 0.1) is 44.0 Å². The van der Waals surface area contributed by atoms with Crippen LogP contribution in [0.15, 0.2) is 37.2 Å². The molecule has 3 unspecified atom stereocenters. The van der Waals surface area contributed by atoms with Gasteiger partial charge in [-0.25, -0.2) is 29.9 Å². The molecule has 3 aliphatic heterocycles. The normalized spacial score (nSPS) is 36.6. The third-order valence-corrected chi connectivity index (χ3v) is 12.0. The third kappa shape index (κ3) is 5.13. The van der Waals surface area contributed by atoms with Gasteiger partial charge in [-0.3, -0.25) is 13.7 Å². The Morgan fingerprint density at radius 1 is 0.932 bits per heavy atom. The van der Waals surface area contributed by atoms with Crippen LogP contribution >= 0.6 is 25.5 Å². The summed E-state index contributed by atoms with van der Waals surface area (Å²) in [5.41, 5.74) is 13.3. The van der Waals surface area contributed by atoms with Gasteiger partial charge in [-0.15, -0.1) is 0 Å². The number of aromatic nitrogens is 8. The van der Waals surface area contributed by atoms with E-state index >= 15 is 0 Å². The molecule has 7 heterocycles. The maximum atomic E-state index is 14.0. The number of anilines is 2. The van der Waals surface area contributed by atoms with Crippen molar-refractivity contribution in [2.75, 3.05) is 24.7 Å². The second-order valence-electron chi connectivity index (χ2n) is 10.3. The van der Waals surface area contributed by atoms with Crippen LogP contribution in [0.2, 0.25) is 0 Å². The Labute approximate surface area is 258 Å². The monoisotopic (exact) mass is 684 g/mol. The third-order valence-electron chi connectivity index (χ3n) is 7.74. The minimum atomic E-state index is -3.99. The highest BCUT2D eigenvalue weighted by Crippen LogP contribution is 2.65. The van der Waals surface area contributed by atoms with Crippen molar-refractivity contribution in [3.05, 3.63) is 37.2 Å². The summed E-state index contributed by atoms with van der Waals surface area (Å²) in [5.74, 6) is -0.719. The molecule has 4 aromatic heterocycles. The van der Waals surface area contributed by atoms with E-state index in [1.54, 1.807) is 4.57 Å². The Bertz CT molecular complexity index is 1880. The standard InChI is InChI=1S/C22H26N10O8P2S2/c1-9-14-17(33)12(39-22(14)32-8-30-16-19(24)26-6-28-21(16)32)4-37-42(35,44)40-10-2-13(38-11(10)3-36-41(9,34)43)31-7-29-15-18(23)25-5-27-20(15)31/h5-8,10-14,17,22,33H,1-4H2,(H,34,43)(H,35,44)(H2,23,25,27)(H2,24,26,28)/t10-,11?,12+,13+,14+,17+,22+,41?,42?/m0/s1. The molecular weight excluding hydrogens is 658 g/mol. The summed E-state index contributed by atoms with van der Waals surface area (Å²) in [6.07, 6.45) is -0.309. The molecule has 22 heteroatoms. The zero-order chi connectivity index (χ0) is 31.0. The molecule has 3 aliphatic rings. The number of nitrogen functional groups attached to an aromatic ring is 2. The molecule has 3 fully saturated rings. The number of aliphatic hydroxyl groups is 1. The molecule has 6 N–H and O–H groups in total. The maximum absolute atomic E-state index is 14.0. The molecule has 2 bridgehead atoms. The quantitative estimate of drug-likeness (QED) is 0.147. The van der Waals surface area contributed by atoms with Gasteiger partial charge in [0.1, 0.15) is 48.4 Å². The Morgan fingerprint density at radius 2 is 1.55 bits per heavy atom. The highest BCUT2D eigenvalue weighted by Gasteiger charge is 2.52. The Hall–Kier alpha value is -2.61. The van der Waals surface area contributed by atoms with Crippen LogP contribution in [0, 0.1) is 5.92 Å². The van der Waals surface area contributed by atoms with E-state index in [1.807, 2.05) is 0 Å². The first kappa shape index (κ1) is 30.1. The maximum Gasteiger partial charge on any atom is 0.324 e. The van der Waals surface area contributed by atoms with E-state index in [0.717, 1.165) is 0 Å². The molecular formula is C22H26N10O8P2S2. The molecule has 0 aliphatic carbocycles. The first-order valence-corrected chi connectivity index (χ1v) is 18.5. The Kier molecular flexibility index (Phi) is 7.53. The van der Waals surface area contributed by atoms with Crippen molar-refractivity contribution in [1.29, 1.82) is 0 Å².